The minimum Gasteiger partial charge on any atom is -0.355 e. The monoisotopic (exact) mass is 183 g/mol. The van der Waals surface area contributed by atoms with Gasteiger partial charge in [0.2, 0.25) is 0 Å². The average molecular weight is 183 g/mol. The number of nitriles is 1. The van der Waals surface area contributed by atoms with Crippen molar-refractivity contribution in [1.82, 2.24) is 9.55 Å². The largest absolute Gasteiger partial charge is 0.355 e. The molecule has 0 saturated heterocycles. The first-order chi connectivity index (χ1) is 6.81. The van der Waals surface area contributed by atoms with E-state index in [-0.39, 0.29) is 0 Å². The van der Waals surface area contributed by atoms with E-state index in [1.165, 1.54) is 0 Å². The number of hydrogen-bond acceptors (Lipinski definition) is 2. The molecule has 3 heteroatoms. The summed E-state index contributed by atoms with van der Waals surface area (Å²) in [7, 11) is 1.90. The molecule has 0 N–H and O–H groups in total. The highest BCUT2D eigenvalue weighted by Crippen LogP contribution is 2.22. The van der Waals surface area contributed by atoms with Crippen LogP contribution in [-0.4, -0.2) is 9.55 Å². The molecule has 0 aliphatic rings. The molecule has 2 heterocycles. The maximum Gasteiger partial charge on any atom is 0.101 e. The molecule has 0 fully saturated rings. The molecule has 0 amide bonds. The Morgan fingerprint density at radius 1 is 1.43 bits per heavy atom. The number of aromatic nitrogens is 2. The predicted octanol–water partition coefficient (Wildman–Crippen LogP) is 1.96. The Morgan fingerprint density at radius 3 is 2.93 bits per heavy atom. The summed E-state index contributed by atoms with van der Waals surface area (Å²) in [6.45, 7) is 0. The molecule has 0 aromatic carbocycles. The van der Waals surface area contributed by atoms with E-state index in [4.69, 9.17) is 5.26 Å². The van der Waals surface area contributed by atoms with Crippen molar-refractivity contribution in [2.75, 3.05) is 0 Å². The van der Waals surface area contributed by atoms with E-state index in [9.17, 15) is 0 Å². The zero-order valence-corrected chi connectivity index (χ0v) is 7.81. The van der Waals surface area contributed by atoms with E-state index >= 15 is 0 Å². The molecule has 0 aliphatic heterocycles. The Balaban J connectivity index is 2.58. The topological polar surface area (TPSA) is 41.6 Å². The lowest BCUT2D eigenvalue weighted by Crippen LogP contribution is -1.79. The van der Waals surface area contributed by atoms with Gasteiger partial charge in [-0.2, -0.15) is 5.26 Å². The summed E-state index contributed by atoms with van der Waals surface area (Å²) in [5.74, 6) is 0. The van der Waals surface area contributed by atoms with Crippen LogP contribution in [0, 0.1) is 11.3 Å². The zero-order chi connectivity index (χ0) is 9.97. The van der Waals surface area contributed by atoms with Gasteiger partial charge < -0.3 is 4.57 Å². The molecule has 2 aromatic heterocycles. The fraction of sp³-hybridized carbons (Fsp3) is 0.0909. The van der Waals surface area contributed by atoms with Crippen LogP contribution < -0.4 is 0 Å². The van der Waals surface area contributed by atoms with E-state index in [1.807, 2.05) is 36.1 Å². The van der Waals surface area contributed by atoms with Crippen molar-refractivity contribution in [2.24, 2.45) is 7.05 Å². The Hall–Kier alpha value is -2.08. The van der Waals surface area contributed by atoms with Crippen LogP contribution in [0.5, 0.6) is 0 Å². The molecule has 14 heavy (non-hydrogen) atoms. The summed E-state index contributed by atoms with van der Waals surface area (Å²) < 4.78 is 1.88. The summed E-state index contributed by atoms with van der Waals surface area (Å²) in [6.07, 6.45) is 7.21. The van der Waals surface area contributed by atoms with Gasteiger partial charge in [-0.15, -0.1) is 0 Å². The molecular weight excluding hydrogens is 174 g/mol. The van der Waals surface area contributed by atoms with Gasteiger partial charge in [0.05, 0.1) is 5.56 Å². The van der Waals surface area contributed by atoms with Gasteiger partial charge in [-0.3, -0.25) is 4.98 Å². The second-order valence-corrected chi connectivity index (χ2v) is 3.10. The summed E-state index contributed by atoms with van der Waals surface area (Å²) in [6, 6.07) is 5.98. The first-order valence-electron chi connectivity index (χ1n) is 4.27. The molecule has 0 saturated carbocycles. The molecule has 0 spiro atoms. The van der Waals surface area contributed by atoms with E-state index in [0.29, 0.717) is 5.56 Å². The van der Waals surface area contributed by atoms with Crippen LogP contribution in [0.3, 0.4) is 0 Å². The van der Waals surface area contributed by atoms with Crippen molar-refractivity contribution in [3.63, 3.8) is 0 Å². The standard InChI is InChI=1S/C11H9N3/c1-14-7-10(5-12)11(8-14)9-3-2-4-13-6-9/h2-4,6-8H,1H3. The second kappa shape index (κ2) is 3.35. The van der Waals surface area contributed by atoms with Crippen LogP contribution in [0.4, 0.5) is 0 Å². The number of nitrogens with zero attached hydrogens (tertiary/aromatic N) is 3. The van der Waals surface area contributed by atoms with Crippen molar-refractivity contribution < 1.29 is 0 Å². The van der Waals surface area contributed by atoms with Gasteiger partial charge in [0, 0.05) is 43.0 Å². The molecule has 2 aromatic rings. The smallest absolute Gasteiger partial charge is 0.101 e. The van der Waals surface area contributed by atoms with Gasteiger partial charge in [-0.25, -0.2) is 0 Å². The Labute approximate surface area is 82.2 Å². The predicted molar refractivity (Wildman–Crippen MR) is 53.4 cm³/mol. The third kappa shape index (κ3) is 1.38. The Bertz CT molecular complexity index is 477. The molecule has 0 atom stereocenters. The summed E-state index contributed by atoms with van der Waals surface area (Å²) in [5.41, 5.74) is 2.59. The third-order valence-electron chi connectivity index (χ3n) is 2.05. The second-order valence-electron chi connectivity index (χ2n) is 3.10. The maximum absolute atomic E-state index is 8.91. The summed E-state index contributed by atoms with van der Waals surface area (Å²) >= 11 is 0. The lowest BCUT2D eigenvalue weighted by atomic mass is 10.1. The quantitative estimate of drug-likeness (QED) is 0.678. The highest BCUT2D eigenvalue weighted by molar-refractivity contribution is 5.69. The van der Waals surface area contributed by atoms with Crippen LogP contribution in [-0.2, 0) is 7.05 Å². The highest BCUT2D eigenvalue weighted by atomic mass is 14.9. The van der Waals surface area contributed by atoms with Gasteiger partial charge in [-0.1, -0.05) is 6.07 Å². The third-order valence-corrected chi connectivity index (χ3v) is 2.05. The minimum atomic E-state index is 0.681. The van der Waals surface area contributed by atoms with Crippen molar-refractivity contribution in [2.45, 2.75) is 0 Å². The molecule has 3 nitrogen and oxygen atoms in total. The Kier molecular flexibility index (Phi) is 2.04. The lowest BCUT2D eigenvalue weighted by molar-refractivity contribution is 0.927. The number of pyridine rings is 1. The SMILES string of the molecule is Cn1cc(C#N)c(-c2cccnc2)c1. The molecule has 0 radical (unpaired) electrons. The molecule has 0 unspecified atom stereocenters. The normalized spacial score (nSPS) is 9.71. The van der Waals surface area contributed by atoms with Crippen LogP contribution in [0.2, 0.25) is 0 Å². The van der Waals surface area contributed by atoms with E-state index < -0.39 is 0 Å². The number of hydrogen-bond donors (Lipinski definition) is 0. The fourth-order valence-corrected chi connectivity index (χ4v) is 1.42. The molecular formula is C11H9N3. The molecule has 2 rings (SSSR count). The van der Waals surface area contributed by atoms with Gasteiger partial charge in [0.1, 0.15) is 6.07 Å². The van der Waals surface area contributed by atoms with E-state index in [1.54, 1.807) is 12.4 Å². The first-order valence-corrected chi connectivity index (χ1v) is 4.27. The van der Waals surface area contributed by atoms with Crippen LogP contribution in [0.15, 0.2) is 36.9 Å². The van der Waals surface area contributed by atoms with E-state index in [0.717, 1.165) is 11.1 Å². The van der Waals surface area contributed by atoms with Crippen molar-refractivity contribution in [1.29, 1.82) is 5.26 Å². The zero-order valence-electron chi connectivity index (χ0n) is 7.81. The first kappa shape index (κ1) is 8.52. The summed E-state index contributed by atoms with van der Waals surface area (Å²) in [5, 5.41) is 8.91. The van der Waals surface area contributed by atoms with Gasteiger partial charge >= 0.3 is 0 Å². The maximum atomic E-state index is 8.91. The molecule has 0 aliphatic carbocycles. The van der Waals surface area contributed by atoms with Gasteiger partial charge in [0.25, 0.3) is 0 Å². The van der Waals surface area contributed by atoms with Crippen molar-refractivity contribution >= 4 is 0 Å². The number of rotatable bonds is 1. The van der Waals surface area contributed by atoms with Crippen LogP contribution >= 0.6 is 0 Å². The lowest BCUT2D eigenvalue weighted by Gasteiger charge is -1.95. The van der Waals surface area contributed by atoms with Crippen molar-refractivity contribution in [3.05, 3.63) is 42.5 Å². The minimum absolute atomic E-state index is 0.681. The highest BCUT2D eigenvalue weighted by Gasteiger charge is 2.06. The van der Waals surface area contributed by atoms with Gasteiger partial charge in [-0.05, 0) is 6.07 Å². The van der Waals surface area contributed by atoms with Gasteiger partial charge in [0.15, 0.2) is 0 Å². The molecule has 68 valence electrons. The summed E-state index contributed by atoms with van der Waals surface area (Å²) in [4.78, 5) is 4.03. The fourth-order valence-electron chi connectivity index (χ4n) is 1.42. The van der Waals surface area contributed by atoms with Crippen LogP contribution in [0.1, 0.15) is 5.56 Å². The number of aryl methyl sites for hydroxylation is 1. The molecule has 0 bridgehead atoms. The van der Waals surface area contributed by atoms with Crippen LogP contribution in [0.25, 0.3) is 11.1 Å². The average Bonchev–Trinajstić information content (AvgIpc) is 2.61. The van der Waals surface area contributed by atoms with Crippen molar-refractivity contribution in [3.8, 4) is 17.2 Å². The van der Waals surface area contributed by atoms with E-state index in [2.05, 4.69) is 11.1 Å². The Morgan fingerprint density at radius 2 is 2.29 bits per heavy atom.